The molecule has 3 rings (SSSR count). The van der Waals surface area contributed by atoms with Crippen LogP contribution in [0.2, 0.25) is 0 Å². The van der Waals surface area contributed by atoms with Crippen LogP contribution in [0.1, 0.15) is 42.4 Å². The summed E-state index contributed by atoms with van der Waals surface area (Å²) in [5.41, 5.74) is 1.18. The van der Waals surface area contributed by atoms with Crippen molar-refractivity contribution in [2.24, 2.45) is 0 Å². The molecule has 1 saturated heterocycles. The number of ketones is 1. The van der Waals surface area contributed by atoms with Crippen LogP contribution in [0.3, 0.4) is 0 Å². The summed E-state index contributed by atoms with van der Waals surface area (Å²) in [6.07, 6.45) is 2.22. The third-order valence-corrected chi connectivity index (χ3v) is 7.71. The summed E-state index contributed by atoms with van der Waals surface area (Å²) >= 11 is 1.25. The fourth-order valence-corrected chi connectivity index (χ4v) is 5.84. The molecule has 2 aromatic rings. The number of aromatic nitrogens is 3. The molecule has 0 radical (unpaired) electrons. The molecule has 0 unspecified atom stereocenters. The number of anilines is 1. The maximum absolute atomic E-state index is 12.6. The lowest BCUT2D eigenvalue weighted by Gasteiger charge is -2.14. The maximum Gasteiger partial charge on any atom is 0.237 e. The number of sulfone groups is 1. The van der Waals surface area contributed by atoms with Gasteiger partial charge in [-0.15, -0.1) is 16.8 Å². The topological polar surface area (TPSA) is 111 Å². The van der Waals surface area contributed by atoms with Crippen molar-refractivity contribution in [1.82, 2.24) is 14.8 Å². The van der Waals surface area contributed by atoms with E-state index in [1.807, 2.05) is 4.57 Å². The van der Waals surface area contributed by atoms with Gasteiger partial charge in [-0.25, -0.2) is 8.42 Å². The largest absolute Gasteiger partial charge is 0.325 e. The zero-order valence-corrected chi connectivity index (χ0v) is 18.5. The van der Waals surface area contributed by atoms with Crippen LogP contribution in [-0.4, -0.2) is 51.6 Å². The van der Waals surface area contributed by atoms with Crippen LogP contribution in [0.25, 0.3) is 0 Å². The molecule has 1 N–H and O–H groups in total. The molecule has 1 aromatic heterocycles. The van der Waals surface area contributed by atoms with Crippen molar-refractivity contribution in [3.8, 4) is 0 Å². The van der Waals surface area contributed by atoms with Gasteiger partial charge >= 0.3 is 0 Å². The first kappa shape index (κ1) is 22.2. The molecule has 8 nitrogen and oxygen atoms in total. The molecule has 2 heterocycles. The van der Waals surface area contributed by atoms with Gasteiger partial charge in [0, 0.05) is 23.7 Å². The third kappa shape index (κ3) is 5.17. The molecule has 1 fully saturated rings. The number of nitrogens with zero attached hydrogens (tertiary/aromatic N) is 3. The lowest BCUT2D eigenvalue weighted by atomic mass is 10.1. The second kappa shape index (κ2) is 9.13. The van der Waals surface area contributed by atoms with E-state index in [-0.39, 0.29) is 29.1 Å². The maximum atomic E-state index is 12.6. The molecule has 1 aromatic carbocycles. The molecule has 1 amide bonds. The predicted octanol–water partition coefficient (Wildman–Crippen LogP) is 2.69. The SMILES string of the molecule is C=CCn1c(S[C@H](C)C(=O)Nc2ccc(C(C)=O)cc2)nnc1[C@H]1CCS(=O)(=O)C1. The Bertz CT molecular complexity index is 1060. The zero-order chi connectivity index (χ0) is 21.9. The van der Waals surface area contributed by atoms with E-state index in [9.17, 15) is 18.0 Å². The van der Waals surface area contributed by atoms with Gasteiger partial charge in [0.2, 0.25) is 5.91 Å². The van der Waals surface area contributed by atoms with E-state index in [4.69, 9.17) is 0 Å². The first-order valence-corrected chi connectivity index (χ1v) is 12.2. The fraction of sp³-hybridized carbons (Fsp3) is 0.400. The van der Waals surface area contributed by atoms with Gasteiger partial charge < -0.3 is 9.88 Å². The van der Waals surface area contributed by atoms with Crippen molar-refractivity contribution in [3.05, 3.63) is 48.3 Å². The second-order valence-electron chi connectivity index (χ2n) is 7.22. The number of amides is 1. The molecule has 2 atom stereocenters. The van der Waals surface area contributed by atoms with Crippen LogP contribution in [0.5, 0.6) is 0 Å². The highest BCUT2D eigenvalue weighted by Gasteiger charge is 2.33. The smallest absolute Gasteiger partial charge is 0.237 e. The normalized spacial score (nSPS) is 18.7. The summed E-state index contributed by atoms with van der Waals surface area (Å²) in [6, 6.07) is 6.70. The summed E-state index contributed by atoms with van der Waals surface area (Å²) in [5, 5.41) is 11.3. The number of thioether (sulfide) groups is 1. The average molecular weight is 449 g/mol. The number of rotatable bonds is 8. The van der Waals surface area contributed by atoms with Crippen LogP contribution < -0.4 is 5.32 Å². The van der Waals surface area contributed by atoms with Gasteiger partial charge in [-0.05, 0) is 44.5 Å². The Kier molecular flexibility index (Phi) is 6.77. The Morgan fingerprint density at radius 3 is 2.60 bits per heavy atom. The summed E-state index contributed by atoms with van der Waals surface area (Å²) in [7, 11) is -3.04. The molecule has 0 spiro atoms. The predicted molar refractivity (Wildman–Crippen MR) is 117 cm³/mol. The Morgan fingerprint density at radius 1 is 1.33 bits per heavy atom. The van der Waals surface area contributed by atoms with E-state index in [0.29, 0.717) is 35.2 Å². The minimum Gasteiger partial charge on any atom is -0.325 e. The average Bonchev–Trinajstić information content (AvgIpc) is 3.25. The van der Waals surface area contributed by atoms with Gasteiger partial charge in [0.1, 0.15) is 5.82 Å². The number of carbonyl (C=O) groups excluding carboxylic acids is 2. The minimum absolute atomic E-state index is 0.0378. The third-order valence-electron chi connectivity index (χ3n) is 4.87. The number of Topliss-reactive ketones (excluding diaryl/α,β-unsaturated/α-hetero) is 1. The monoisotopic (exact) mass is 448 g/mol. The number of carbonyl (C=O) groups is 2. The van der Waals surface area contributed by atoms with Crippen molar-refractivity contribution in [2.45, 2.75) is 43.1 Å². The van der Waals surface area contributed by atoms with E-state index in [1.54, 1.807) is 37.3 Å². The number of hydrogen-bond donors (Lipinski definition) is 1. The Balaban J connectivity index is 1.71. The molecular formula is C20H24N4O4S2. The van der Waals surface area contributed by atoms with E-state index in [2.05, 4.69) is 22.1 Å². The lowest BCUT2D eigenvalue weighted by Crippen LogP contribution is -2.23. The quantitative estimate of drug-likeness (QED) is 0.375. The van der Waals surface area contributed by atoms with Crippen LogP contribution in [0, 0.1) is 0 Å². The Morgan fingerprint density at radius 2 is 2.03 bits per heavy atom. The van der Waals surface area contributed by atoms with Gasteiger partial charge in [-0.3, -0.25) is 9.59 Å². The van der Waals surface area contributed by atoms with Crippen molar-refractivity contribution >= 4 is 39.0 Å². The summed E-state index contributed by atoms with van der Waals surface area (Å²) in [6.45, 7) is 7.44. The van der Waals surface area contributed by atoms with Gasteiger partial charge in [0.15, 0.2) is 20.8 Å². The van der Waals surface area contributed by atoms with Crippen LogP contribution >= 0.6 is 11.8 Å². The number of benzene rings is 1. The number of allylic oxidation sites excluding steroid dienone is 1. The fourth-order valence-electron chi connectivity index (χ4n) is 3.23. The molecular weight excluding hydrogens is 424 g/mol. The van der Waals surface area contributed by atoms with Crippen molar-refractivity contribution in [3.63, 3.8) is 0 Å². The lowest BCUT2D eigenvalue weighted by molar-refractivity contribution is -0.115. The molecule has 0 bridgehead atoms. The molecule has 160 valence electrons. The standard InChI is InChI=1S/C20H24N4O4S2/c1-4-10-24-18(16-9-11-30(27,28)12-16)22-23-20(24)29-14(3)19(26)21-17-7-5-15(6-8-17)13(2)25/h4-8,14,16H,1,9-12H2,2-3H3,(H,21,26)/t14-,16+/m1/s1. The van der Waals surface area contributed by atoms with E-state index in [0.717, 1.165) is 0 Å². The van der Waals surface area contributed by atoms with Gasteiger partial charge in [-0.1, -0.05) is 17.8 Å². The van der Waals surface area contributed by atoms with Gasteiger partial charge in [-0.2, -0.15) is 0 Å². The molecule has 0 aliphatic carbocycles. The highest BCUT2D eigenvalue weighted by molar-refractivity contribution is 8.00. The van der Waals surface area contributed by atoms with Crippen LogP contribution in [-0.2, 0) is 21.2 Å². The molecule has 1 aliphatic heterocycles. The summed E-state index contributed by atoms with van der Waals surface area (Å²) in [5.74, 6) is 0.395. The molecule has 0 saturated carbocycles. The highest BCUT2D eigenvalue weighted by atomic mass is 32.2. The van der Waals surface area contributed by atoms with E-state index in [1.165, 1.54) is 18.7 Å². The van der Waals surface area contributed by atoms with Gasteiger partial charge in [0.25, 0.3) is 0 Å². The molecule has 1 aliphatic rings. The van der Waals surface area contributed by atoms with E-state index >= 15 is 0 Å². The zero-order valence-electron chi connectivity index (χ0n) is 16.9. The van der Waals surface area contributed by atoms with Crippen molar-refractivity contribution < 1.29 is 18.0 Å². The minimum atomic E-state index is -3.04. The second-order valence-corrected chi connectivity index (χ2v) is 10.8. The first-order chi connectivity index (χ1) is 14.2. The Hall–Kier alpha value is -2.46. The first-order valence-electron chi connectivity index (χ1n) is 9.53. The van der Waals surface area contributed by atoms with Crippen molar-refractivity contribution in [2.75, 3.05) is 16.8 Å². The van der Waals surface area contributed by atoms with E-state index < -0.39 is 15.1 Å². The number of hydrogen-bond acceptors (Lipinski definition) is 7. The van der Waals surface area contributed by atoms with Crippen molar-refractivity contribution in [1.29, 1.82) is 0 Å². The highest BCUT2D eigenvalue weighted by Crippen LogP contribution is 2.31. The Labute approximate surface area is 180 Å². The molecule has 30 heavy (non-hydrogen) atoms. The van der Waals surface area contributed by atoms with Crippen LogP contribution in [0.15, 0.2) is 42.1 Å². The van der Waals surface area contributed by atoms with Crippen LogP contribution in [0.4, 0.5) is 5.69 Å². The summed E-state index contributed by atoms with van der Waals surface area (Å²) < 4.78 is 25.5. The summed E-state index contributed by atoms with van der Waals surface area (Å²) in [4.78, 5) is 24.0. The molecule has 10 heteroatoms. The number of nitrogens with one attached hydrogen (secondary N) is 1. The van der Waals surface area contributed by atoms with Gasteiger partial charge in [0.05, 0.1) is 16.8 Å².